The zero-order valence-electron chi connectivity index (χ0n) is 35.4. The van der Waals surface area contributed by atoms with Gasteiger partial charge in [0, 0.05) is 17.6 Å². The van der Waals surface area contributed by atoms with Crippen molar-refractivity contribution in [2.24, 2.45) is 17.8 Å². The van der Waals surface area contributed by atoms with E-state index in [4.69, 9.17) is 14.7 Å². The molecule has 2 bridgehead atoms. The van der Waals surface area contributed by atoms with Crippen molar-refractivity contribution >= 4 is 53.7 Å². The lowest BCUT2D eigenvalue weighted by molar-refractivity contribution is -0.142. The number of H-pyrrole nitrogens is 2. The van der Waals surface area contributed by atoms with Crippen LogP contribution < -0.4 is 10.6 Å². The highest BCUT2D eigenvalue weighted by atomic mass is 28.3. The largest absolute Gasteiger partial charge is 0.453 e. The van der Waals surface area contributed by atoms with Gasteiger partial charge < -0.3 is 40.2 Å². The van der Waals surface area contributed by atoms with Crippen LogP contribution >= 0.6 is 0 Å². The number of rotatable bonds is 11. The quantitative estimate of drug-likeness (QED) is 0.0938. The molecule has 2 aliphatic heterocycles. The SMILES string of the molecule is COC(=O)NC(C(=O)N1C[Si](C)(C)CC1c1ncc(-c2ccc(-c3ccc4c(ccc5[nH]c([C@@H]6C7CCC(C7)N6C(=O)C(NC(=O)CO)C(C)C)nc54)c3)cc2)[nH]1)C(C)C. The molecule has 4 amide bonds. The van der Waals surface area contributed by atoms with Crippen molar-refractivity contribution in [2.45, 2.75) is 96.3 Å². The highest BCUT2D eigenvalue weighted by Crippen LogP contribution is 2.50. The molecule has 8 rings (SSSR count). The summed E-state index contributed by atoms with van der Waals surface area (Å²) in [6, 6.07) is 18.0. The summed E-state index contributed by atoms with van der Waals surface area (Å²) in [6.07, 6.45) is 4.75. The number of benzene rings is 3. The van der Waals surface area contributed by atoms with Gasteiger partial charge in [0.15, 0.2) is 0 Å². The molecule has 316 valence electrons. The fraction of sp³-hybridized carbons (Fsp3) is 0.467. The van der Waals surface area contributed by atoms with Gasteiger partial charge in [-0.25, -0.2) is 14.8 Å². The van der Waals surface area contributed by atoms with Crippen LogP contribution in [0.3, 0.4) is 0 Å². The van der Waals surface area contributed by atoms with E-state index in [2.05, 4.69) is 88.3 Å². The van der Waals surface area contributed by atoms with Crippen LogP contribution in [-0.2, 0) is 19.1 Å². The molecule has 5 N–H and O–H groups in total. The van der Waals surface area contributed by atoms with Gasteiger partial charge in [-0.2, -0.15) is 0 Å². The van der Waals surface area contributed by atoms with Crippen molar-refractivity contribution in [1.82, 2.24) is 40.4 Å². The number of imidazole rings is 2. The van der Waals surface area contributed by atoms with Crippen molar-refractivity contribution < 1.29 is 29.0 Å². The Bertz CT molecular complexity index is 2440. The van der Waals surface area contributed by atoms with Crippen LogP contribution in [-0.4, -0.2) is 105 Å². The first-order chi connectivity index (χ1) is 28.7. The Balaban J connectivity index is 1.01. The number of fused-ring (bicyclic) bond motifs is 5. The van der Waals surface area contributed by atoms with Gasteiger partial charge in [0.25, 0.3) is 0 Å². The first-order valence-corrected chi connectivity index (χ1v) is 24.5. The van der Waals surface area contributed by atoms with E-state index >= 15 is 0 Å². The second-order valence-corrected chi connectivity index (χ2v) is 23.4. The third-order valence-corrected chi connectivity index (χ3v) is 15.5. The molecule has 1 saturated carbocycles. The van der Waals surface area contributed by atoms with Gasteiger partial charge >= 0.3 is 6.09 Å². The minimum absolute atomic E-state index is 0.0945. The molecule has 3 aromatic carbocycles. The van der Waals surface area contributed by atoms with E-state index in [-0.39, 0.29) is 47.7 Å². The van der Waals surface area contributed by atoms with Crippen LogP contribution in [0.1, 0.15) is 70.7 Å². The highest BCUT2D eigenvalue weighted by Gasteiger charge is 2.51. The number of amides is 4. The number of ether oxygens (including phenoxy) is 1. The smallest absolute Gasteiger partial charge is 0.407 e. The summed E-state index contributed by atoms with van der Waals surface area (Å²) in [4.78, 5) is 73.1. The molecule has 15 heteroatoms. The molecule has 3 aliphatic rings. The van der Waals surface area contributed by atoms with E-state index in [1.54, 1.807) is 0 Å². The van der Waals surface area contributed by atoms with E-state index in [0.29, 0.717) is 6.17 Å². The number of aliphatic hydroxyl groups excluding tert-OH is 1. The minimum atomic E-state index is -1.76. The Morgan fingerprint density at radius 1 is 0.883 bits per heavy atom. The molecular weight excluding hydrogens is 777 g/mol. The van der Waals surface area contributed by atoms with Crippen molar-refractivity contribution in [3.63, 3.8) is 0 Å². The summed E-state index contributed by atoms with van der Waals surface area (Å²) in [5, 5.41) is 16.9. The third-order valence-electron chi connectivity index (χ3n) is 12.8. The maximum Gasteiger partial charge on any atom is 0.407 e. The summed E-state index contributed by atoms with van der Waals surface area (Å²) in [6.45, 7) is 11.5. The van der Waals surface area contributed by atoms with Crippen LogP contribution in [0.2, 0.25) is 19.1 Å². The Hall–Kier alpha value is -5.54. The van der Waals surface area contributed by atoms with E-state index in [1.165, 1.54) is 7.11 Å². The zero-order valence-corrected chi connectivity index (χ0v) is 36.4. The van der Waals surface area contributed by atoms with Crippen molar-refractivity contribution in [3.05, 3.63) is 72.4 Å². The van der Waals surface area contributed by atoms with E-state index in [0.717, 1.165) is 81.1 Å². The predicted octanol–water partition coefficient (Wildman–Crippen LogP) is 6.47. The van der Waals surface area contributed by atoms with Gasteiger partial charge in [-0.1, -0.05) is 83.3 Å². The van der Waals surface area contributed by atoms with E-state index in [1.807, 2.05) is 43.7 Å². The minimum Gasteiger partial charge on any atom is -0.453 e. The van der Waals surface area contributed by atoms with Crippen molar-refractivity contribution in [1.29, 1.82) is 0 Å². The van der Waals surface area contributed by atoms with Crippen molar-refractivity contribution in [2.75, 3.05) is 19.9 Å². The number of methoxy groups -OCH3 is 1. The maximum absolute atomic E-state index is 14.1. The fourth-order valence-electron chi connectivity index (χ4n) is 9.81. The third kappa shape index (κ3) is 7.68. The van der Waals surface area contributed by atoms with Crippen LogP contribution in [0.25, 0.3) is 44.2 Å². The predicted molar refractivity (Wildman–Crippen MR) is 232 cm³/mol. The van der Waals surface area contributed by atoms with Crippen LogP contribution in [0.5, 0.6) is 0 Å². The normalized spacial score (nSPS) is 21.9. The molecule has 4 heterocycles. The molecule has 5 aromatic rings. The number of carbonyl (C=O) groups is 4. The van der Waals surface area contributed by atoms with Gasteiger partial charge in [-0.05, 0) is 77.3 Å². The number of nitrogens with zero attached hydrogens (tertiary/aromatic N) is 4. The van der Waals surface area contributed by atoms with Crippen molar-refractivity contribution in [3.8, 4) is 22.4 Å². The lowest BCUT2D eigenvalue weighted by Crippen LogP contribution is -2.54. The number of hydrogen-bond donors (Lipinski definition) is 5. The average molecular weight is 833 g/mol. The lowest BCUT2D eigenvalue weighted by Gasteiger charge is -2.37. The number of nitrogens with one attached hydrogen (secondary N) is 4. The molecule has 6 atom stereocenters. The molecule has 60 heavy (non-hydrogen) atoms. The van der Waals surface area contributed by atoms with E-state index < -0.39 is 38.8 Å². The second-order valence-electron chi connectivity index (χ2n) is 18.4. The number of piperidine rings is 1. The number of aliphatic hydroxyl groups is 1. The van der Waals surface area contributed by atoms with Crippen LogP contribution in [0.15, 0.2) is 60.8 Å². The number of hydrogen-bond acceptors (Lipinski definition) is 8. The first-order valence-electron chi connectivity index (χ1n) is 21.1. The molecule has 14 nitrogen and oxygen atoms in total. The Kier molecular flexibility index (Phi) is 11.1. The highest BCUT2D eigenvalue weighted by molar-refractivity contribution is 6.78. The second kappa shape index (κ2) is 16.1. The molecular formula is C45H56N8O6Si. The molecule has 3 fully saturated rings. The number of aromatic amines is 2. The van der Waals surface area contributed by atoms with Gasteiger partial charge in [0.1, 0.15) is 30.3 Å². The van der Waals surface area contributed by atoms with Crippen LogP contribution in [0, 0.1) is 17.8 Å². The zero-order chi connectivity index (χ0) is 42.6. The number of alkyl carbamates (subject to hydrolysis) is 1. The Morgan fingerprint density at radius 3 is 2.28 bits per heavy atom. The van der Waals surface area contributed by atoms with Gasteiger partial charge in [-0.15, -0.1) is 0 Å². The standard InChI is InChI=1S/C45H56N8O6Si/c1-24(2)37(51-45(58)59-5)43(56)52-23-60(6,7)22-35(52)41-46-20-34(48-41)27-10-8-26(9-11-27)28-13-16-32-29(18-28)14-17-33-39(32)50-42(47-33)40-30-12-15-31(19-30)53(40)44(57)38(25(3)4)49-36(55)21-54/h8-11,13-14,16-18,20,24-25,30-31,35,37-38,40,54H,12,15,19,21-23H2,1-7H3,(H,46,48)(H,47,50)(H,49,55)(H,51,58)/t30?,31?,35?,37?,38?,40-/m0/s1. The summed E-state index contributed by atoms with van der Waals surface area (Å²) in [7, 11) is -0.456. The molecule has 0 radical (unpaired) electrons. The summed E-state index contributed by atoms with van der Waals surface area (Å²) in [5.74, 6) is 0.745. The summed E-state index contributed by atoms with van der Waals surface area (Å²) >= 11 is 0. The maximum atomic E-state index is 14.1. The van der Waals surface area contributed by atoms with Gasteiger partial charge in [0.2, 0.25) is 17.7 Å². The Morgan fingerprint density at radius 2 is 1.58 bits per heavy atom. The number of aromatic nitrogens is 4. The van der Waals surface area contributed by atoms with Gasteiger partial charge in [-0.3, -0.25) is 14.4 Å². The lowest BCUT2D eigenvalue weighted by atomic mass is 9.95. The number of carbonyl (C=O) groups excluding carboxylic acids is 4. The molecule has 5 unspecified atom stereocenters. The molecule has 1 aliphatic carbocycles. The topological polar surface area (TPSA) is 186 Å². The first kappa shape index (κ1) is 41.2. The summed E-state index contributed by atoms with van der Waals surface area (Å²) in [5.41, 5.74) is 5.74. The monoisotopic (exact) mass is 832 g/mol. The molecule has 0 spiro atoms. The molecule has 2 aromatic heterocycles. The number of likely N-dealkylation sites (tertiary alicyclic amines) is 1. The summed E-state index contributed by atoms with van der Waals surface area (Å²) < 4.78 is 4.82. The van der Waals surface area contributed by atoms with E-state index in [9.17, 15) is 24.3 Å². The fourth-order valence-corrected chi connectivity index (χ4v) is 12.7. The van der Waals surface area contributed by atoms with Crippen LogP contribution in [0.4, 0.5) is 4.79 Å². The average Bonchev–Trinajstić information content (AvgIpc) is 4.09. The van der Waals surface area contributed by atoms with Gasteiger partial charge in [0.05, 0.1) is 50.2 Å². The Labute approximate surface area is 350 Å². The molecule has 2 saturated heterocycles.